The minimum Gasteiger partial charge on any atom is -0.465 e. The molecule has 3 N–H and O–H groups in total. The maximum atomic E-state index is 13.0. The van der Waals surface area contributed by atoms with Gasteiger partial charge in [-0.25, -0.2) is 4.79 Å². The molecule has 0 radical (unpaired) electrons. The van der Waals surface area contributed by atoms with E-state index in [4.69, 9.17) is 0 Å². The topological polar surface area (TPSA) is 106 Å². The average molecular weight is 487 g/mol. The number of likely N-dealkylation sites (tertiary alicyclic amines) is 1. The first-order valence-electron chi connectivity index (χ1n) is 12.1. The number of aromatic nitrogens is 1. The molecule has 2 aromatic heterocycles. The molecule has 4 heterocycles. The van der Waals surface area contributed by atoms with E-state index in [9.17, 15) is 19.5 Å². The zero-order chi connectivity index (χ0) is 24.4. The lowest BCUT2D eigenvalue weighted by Crippen LogP contribution is -2.48. The number of H-pyrrole nitrogens is 1. The van der Waals surface area contributed by atoms with Crippen molar-refractivity contribution >= 4 is 28.3 Å². The quantitative estimate of drug-likeness (QED) is 0.592. The van der Waals surface area contributed by atoms with Crippen LogP contribution in [-0.4, -0.2) is 52.7 Å². The first-order valence-corrected chi connectivity index (χ1v) is 12.9. The molecule has 34 heavy (non-hydrogen) atoms. The molecule has 184 valence electrons. The second-order valence-corrected chi connectivity index (χ2v) is 10.4. The fraction of sp³-hybridized carbons (Fsp3) is 0.560. The Morgan fingerprint density at radius 2 is 1.88 bits per heavy atom. The number of carboxylic acid groups (broad SMARTS) is 1. The van der Waals surface area contributed by atoms with Gasteiger partial charge in [-0.05, 0) is 76.0 Å². The Balaban J connectivity index is 1.47. The number of thiophene rings is 1. The van der Waals surface area contributed by atoms with E-state index in [2.05, 4.69) is 15.2 Å². The van der Waals surface area contributed by atoms with E-state index in [-0.39, 0.29) is 18.0 Å². The maximum absolute atomic E-state index is 13.0. The minimum absolute atomic E-state index is 0.161. The molecule has 2 aliphatic rings. The Kier molecular flexibility index (Phi) is 7.30. The van der Waals surface area contributed by atoms with E-state index in [0.29, 0.717) is 36.2 Å². The van der Waals surface area contributed by atoms with Gasteiger partial charge in [-0.2, -0.15) is 0 Å². The lowest BCUT2D eigenvalue weighted by Gasteiger charge is -2.44. The van der Waals surface area contributed by atoms with Gasteiger partial charge in [0.1, 0.15) is 0 Å². The van der Waals surface area contributed by atoms with Gasteiger partial charge in [0.15, 0.2) is 0 Å². The molecule has 2 aliphatic heterocycles. The van der Waals surface area contributed by atoms with E-state index >= 15 is 0 Å². The third-order valence-electron chi connectivity index (χ3n) is 7.34. The van der Waals surface area contributed by atoms with E-state index in [1.165, 1.54) is 11.3 Å². The first-order chi connectivity index (χ1) is 16.3. The van der Waals surface area contributed by atoms with Gasteiger partial charge in [0.25, 0.3) is 11.5 Å². The molecule has 9 heteroatoms. The normalized spacial score (nSPS) is 19.3. The van der Waals surface area contributed by atoms with Crippen molar-refractivity contribution in [2.75, 3.05) is 24.5 Å². The van der Waals surface area contributed by atoms with Crippen LogP contribution >= 0.6 is 11.3 Å². The second-order valence-electron chi connectivity index (χ2n) is 9.57. The molecular formula is C25H34N4O4S. The zero-order valence-electron chi connectivity index (χ0n) is 20.1. The SMILES string of the molecule is Cc1cc(C)c(CNC(=O)c2csc(N3CCCCC3C3CCN(C(=O)O)CC3)c2C)c(=O)[nH]1. The smallest absolute Gasteiger partial charge is 0.407 e. The summed E-state index contributed by atoms with van der Waals surface area (Å²) in [5.41, 5.74) is 3.73. The summed E-state index contributed by atoms with van der Waals surface area (Å²) >= 11 is 1.61. The molecule has 0 aromatic carbocycles. The van der Waals surface area contributed by atoms with Crippen molar-refractivity contribution in [3.05, 3.63) is 49.7 Å². The highest BCUT2D eigenvalue weighted by Gasteiger charge is 2.35. The summed E-state index contributed by atoms with van der Waals surface area (Å²) in [6.07, 6.45) is 4.35. The third-order valence-corrected chi connectivity index (χ3v) is 8.46. The molecule has 0 saturated carbocycles. The number of nitrogens with one attached hydrogen (secondary N) is 2. The number of amides is 2. The number of nitrogens with zero attached hydrogens (tertiary/aromatic N) is 2. The van der Waals surface area contributed by atoms with Crippen LogP contribution in [0.25, 0.3) is 0 Å². The Bertz CT molecular complexity index is 1120. The van der Waals surface area contributed by atoms with Crippen molar-refractivity contribution in [1.29, 1.82) is 0 Å². The van der Waals surface area contributed by atoms with Crippen LogP contribution in [0, 0.1) is 26.7 Å². The van der Waals surface area contributed by atoms with Crippen molar-refractivity contribution in [2.45, 2.75) is 65.5 Å². The van der Waals surface area contributed by atoms with Crippen molar-refractivity contribution in [3.8, 4) is 0 Å². The summed E-state index contributed by atoms with van der Waals surface area (Å²) in [7, 11) is 0. The number of anilines is 1. The van der Waals surface area contributed by atoms with Crippen LogP contribution in [-0.2, 0) is 6.54 Å². The summed E-state index contributed by atoms with van der Waals surface area (Å²) < 4.78 is 0. The van der Waals surface area contributed by atoms with Crippen molar-refractivity contribution in [2.24, 2.45) is 5.92 Å². The van der Waals surface area contributed by atoms with E-state index in [0.717, 1.165) is 54.0 Å². The fourth-order valence-corrected chi connectivity index (χ4v) is 6.62. The first kappa shape index (κ1) is 24.3. The highest BCUT2D eigenvalue weighted by Crippen LogP contribution is 2.39. The third kappa shape index (κ3) is 4.99. The molecule has 0 bridgehead atoms. The summed E-state index contributed by atoms with van der Waals surface area (Å²) in [4.78, 5) is 43.4. The number of carbonyl (C=O) groups excluding carboxylic acids is 1. The van der Waals surface area contributed by atoms with Gasteiger partial charge < -0.3 is 25.2 Å². The van der Waals surface area contributed by atoms with Crippen molar-refractivity contribution < 1.29 is 14.7 Å². The number of rotatable bonds is 5. The summed E-state index contributed by atoms with van der Waals surface area (Å²) in [5, 5.41) is 15.3. The number of aromatic amines is 1. The van der Waals surface area contributed by atoms with E-state index < -0.39 is 6.09 Å². The molecule has 0 aliphatic carbocycles. The van der Waals surface area contributed by atoms with Crippen LogP contribution in [0.5, 0.6) is 0 Å². The second kappa shape index (κ2) is 10.2. The van der Waals surface area contributed by atoms with Crippen LogP contribution in [0.15, 0.2) is 16.2 Å². The van der Waals surface area contributed by atoms with Crippen LogP contribution in [0.4, 0.5) is 9.80 Å². The predicted octanol–water partition coefficient (Wildman–Crippen LogP) is 4.04. The number of carbonyl (C=O) groups is 2. The average Bonchev–Trinajstić information content (AvgIpc) is 3.19. The van der Waals surface area contributed by atoms with Crippen LogP contribution in [0.3, 0.4) is 0 Å². The van der Waals surface area contributed by atoms with Crippen LogP contribution in [0.2, 0.25) is 0 Å². The van der Waals surface area contributed by atoms with Gasteiger partial charge >= 0.3 is 6.09 Å². The Labute approximate surface area is 204 Å². The van der Waals surface area contributed by atoms with Crippen LogP contribution < -0.4 is 15.8 Å². The van der Waals surface area contributed by atoms with Crippen molar-refractivity contribution in [1.82, 2.24) is 15.2 Å². The molecule has 4 rings (SSSR count). The lowest BCUT2D eigenvalue weighted by atomic mass is 9.83. The van der Waals surface area contributed by atoms with Gasteiger partial charge in [0.05, 0.1) is 10.6 Å². The number of piperidine rings is 2. The van der Waals surface area contributed by atoms with Gasteiger partial charge in [0.2, 0.25) is 0 Å². The van der Waals surface area contributed by atoms with Gasteiger partial charge in [-0.15, -0.1) is 11.3 Å². The van der Waals surface area contributed by atoms with Crippen LogP contribution in [0.1, 0.15) is 64.8 Å². The maximum Gasteiger partial charge on any atom is 0.407 e. The Morgan fingerprint density at radius 3 is 2.56 bits per heavy atom. The highest BCUT2D eigenvalue weighted by molar-refractivity contribution is 7.14. The van der Waals surface area contributed by atoms with E-state index in [1.807, 2.05) is 32.2 Å². The zero-order valence-corrected chi connectivity index (χ0v) is 21.0. The molecule has 2 aromatic rings. The van der Waals surface area contributed by atoms with Gasteiger partial charge in [-0.1, -0.05) is 0 Å². The highest BCUT2D eigenvalue weighted by atomic mass is 32.1. The molecule has 0 spiro atoms. The fourth-order valence-electron chi connectivity index (χ4n) is 5.45. The number of aryl methyl sites for hydroxylation is 2. The molecule has 1 unspecified atom stereocenters. The predicted molar refractivity (Wildman–Crippen MR) is 134 cm³/mol. The number of hydrogen-bond acceptors (Lipinski definition) is 5. The van der Waals surface area contributed by atoms with E-state index in [1.54, 1.807) is 11.3 Å². The molecule has 2 fully saturated rings. The molecule has 8 nitrogen and oxygen atoms in total. The molecular weight excluding hydrogens is 452 g/mol. The molecule has 1 atom stereocenters. The number of hydrogen-bond donors (Lipinski definition) is 3. The summed E-state index contributed by atoms with van der Waals surface area (Å²) in [6, 6.07) is 2.29. The molecule has 2 saturated heterocycles. The molecule has 2 amide bonds. The van der Waals surface area contributed by atoms with Gasteiger partial charge in [0, 0.05) is 48.9 Å². The summed E-state index contributed by atoms with van der Waals surface area (Å²) in [5.74, 6) is 0.300. The lowest BCUT2D eigenvalue weighted by molar-refractivity contribution is 0.0950. The largest absolute Gasteiger partial charge is 0.465 e. The summed E-state index contributed by atoms with van der Waals surface area (Å²) in [6.45, 7) is 8.08. The Hall–Kier alpha value is -2.81. The monoisotopic (exact) mass is 486 g/mol. The van der Waals surface area contributed by atoms with Gasteiger partial charge in [-0.3, -0.25) is 9.59 Å². The number of pyridine rings is 1. The Morgan fingerprint density at radius 1 is 1.15 bits per heavy atom. The minimum atomic E-state index is -0.827. The van der Waals surface area contributed by atoms with Crippen molar-refractivity contribution in [3.63, 3.8) is 0 Å². The standard InChI is InChI=1S/C25H34N4O4S/c1-15-12-16(2)27-23(31)19(15)13-26-22(30)20-14-34-24(17(20)3)29-9-5-4-6-21(29)18-7-10-28(11-8-18)25(32)33/h12,14,18,21H,4-11,13H2,1-3H3,(H,26,30)(H,27,31)(H,32,33).